The monoisotopic (exact) mass is 762 g/mol. The van der Waals surface area contributed by atoms with E-state index in [1.54, 1.807) is 24.3 Å². The SMILES string of the molecule is C.CN1CCN(c2cccc(N)c2N)CC1.CN1CCN(c2cccc(N)c2[N+](=O)[O-])CC1.CN1CCNCC1.CO.Nc1cccc(Cl)c1[N+](=O)[O-]. The zero-order valence-electron chi connectivity index (χ0n) is 30.6. The van der Waals surface area contributed by atoms with Gasteiger partial charge in [0.1, 0.15) is 22.1 Å². The number of halogens is 1. The van der Waals surface area contributed by atoms with Crippen molar-refractivity contribution in [1.82, 2.24) is 20.0 Å². The van der Waals surface area contributed by atoms with Gasteiger partial charge in [-0.3, -0.25) is 20.2 Å². The Morgan fingerprint density at radius 1 is 0.604 bits per heavy atom. The molecule has 3 aromatic rings. The summed E-state index contributed by atoms with van der Waals surface area (Å²) >= 11 is 5.50. The number of aliphatic hydroxyl groups excluding tert-OH is 1. The number of hydrogen-bond donors (Lipinski definition) is 6. The molecule has 3 saturated heterocycles. The Morgan fingerprint density at radius 2 is 0.981 bits per heavy atom. The fourth-order valence-electron chi connectivity index (χ4n) is 5.44. The Kier molecular flexibility index (Phi) is 20.8. The minimum absolute atomic E-state index is 0. The Morgan fingerprint density at radius 3 is 1.38 bits per heavy atom. The average molecular weight is 763 g/mol. The molecule has 0 radical (unpaired) electrons. The number of aliphatic hydroxyl groups is 1. The summed E-state index contributed by atoms with van der Waals surface area (Å²) in [5.41, 5.74) is 25.9. The van der Waals surface area contributed by atoms with Gasteiger partial charge in [0.25, 0.3) is 0 Å². The molecule has 3 heterocycles. The number of nitrogens with one attached hydrogen (secondary N) is 1. The van der Waals surface area contributed by atoms with Crippen LogP contribution in [0.3, 0.4) is 0 Å². The van der Waals surface area contributed by atoms with Gasteiger partial charge in [0.05, 0.1) is 26.9 Å². The molecule has 3 fully saturated rings. The summed E-state index contributed by atoms with van der Waals surface area (Å²) in [4.78, 5) is 31.5. The van der Waals surface area contributed by atoms with Crippen LogP contribution in [0.5, 0.6) is 0 Å². The van der Waals surface area contributed by atoms with E-state index in [4.69, 9.17) is 39.6 Å². The highest BCUT2D eigenvalue weighted by molar-refractivity contribution is 6.33. The first-order chi connectivity index (χ1) is 24.8. The largest absolute Gasteiger partial charge is 0.400 e. The molecule has 53 heavy (non-hydrogen) atoms. The van der Waals surface area contributed by atoms with E-state index in [2.05, 4.69) is 39.0 Å². The van der Waals surface area contributed by atoms with Crippen LogP contribution in [-0.4, -0.2) is 136 Å². The number of nitro groups is 2. The summed E-state index contributed by atoms with van der Waals surface area (Å²) in [5.74, 6) is 0. The van der Waals surface area contributed by atoms with Crippen molar-refractivity contribution < 1.29 is 15.0 Å². The number of rotatable bonds is 4. The minimum Gasteiger partial charge on any atom is -0.400 e. The van der Waals surface area contributed by atoms with Crippen LogP contribution >= 0.6 is 11.6 Å². The molecule has 0 spiro atoms. The zero-order chi connectivity index (χ0) is 38.8. The molecule has 0 saturated carbocycles. The van der Waals surface area contributed by atoms with Crippen LogP contribution in [0.25, 0.3) is 0 Å². The lowest BCUT2D eigenvalue weighted by Crippen LogP contribution is -2.44. The van der Waals surface area contributed by atoms with Crippen molar-refractivity contribution in [2.75, 3.05) is 140 Å². The molecule has 10 N–H and O–H groups in total. The van der Waals surface area contributed by atoms with Crippen LogP contribution in [0.15, 0.2) is 54.6 Å². The number of para-hydroxylation sites is 3. The third-order valence-electron chi connectivity index (χ3n) is 8.57. The lowest BCUT2D eigenvalue weighted by Gasteiger charge is -2.34. The van der Waals surface area contributed by atoms with Crippen LogP contribution < -0.4 is 38.1 Å². The van der Waals surface area contributed by atoms with Crippen LogP contribution in [0, 0.1) is 20.2 Å². The fraction of sp³-hybridized carbons (Fsp3) is 0.486. The van der Waals surface area contributed by atoms with Crippen molar-refractivity contribution in [3.8, 4) is 0 Å². The van der Waals surface area contributed by atoms with E-state index in [0.29, 0.717) is 17.1 Å². The first-order valence-electron chi connectivity index (χ1n) is 16.9. The Balaban J connectivity index is 0.000000359. The van der Waals surface area contributed by atoms with Gasteiger partial charge >= 0.3 is 11.4 Å². The van der Waals surface area contributed by atoms with Crippen molar-refractivity contribution in [3.05, 3.63) is 79.8 Å². The number of nitrogens with zero attached hydrogens (tertiary/aromatic N) is 7. The zero-order valence-corrected chi connectivity index (χ0v) is 31.3. The van der Waals surface area contributed by atoms with E-state index < -0.39 is 9.85 Å². The highest BCUT2D eigenvalue weighted by Gasteiger charge is 2.24. The molecule has 0 aliphatic carbocycles. The number of nitro benzene ring substituents is 2. The summed E-state index contributed by atoms with van der Waals surface area (Å²) in [6, 6.07) is 15.4. The van der Waals surface area contributed by atoms with Crippen LogP contribution in [0.1, 0.15) is 7.43 Å². The summed E-state index contributed by atoms with van der Waals surface area (Å²) in [6.45, 7) is 12.3. The Bertz CT molecular complexity index is 1530. The normalized spacial score (nSPS) is 16.0. The molecule has 3 aromatic carbocycles. The second-order valence-corrected chi connectivity index (χ2v) is 12.7. The van der Waals surface area contributed by atoms with E-state index >= 15 is 0 Å². The summed E-state index contributed by atoms with van der Waals surface area (Å²) in [7, 11) is 7.34. The molecule has 3 aliphatic rings. The molecule has 0 unspecified atom stereocenters. The molecule has 6 rings (SSSR count). The van der Waals surface area contributed by atoms with Gasteiger partial charge in [-0.2, -0.15) is 0 Å². The topological polar surface area (TPSA) is 239 Å². The maximum atomic E-state index is 11.0. The van der Waals surface area contributed by atoms with Crippen LogP contribution in [-0.2, 0) is 0 Å². The average Bonchev–Trinajstić information content (AvgIpc) is 3.12. The van der Waals surface area contributed by atoms with E-state index in [-0.39, 0.29) is 35.2 Å². The van der Waals surface area contributed by atoms with Gasteiger partial charge in [-0.15, -0.1) is 0 Å². The maximum Gasteiger partial charge on any atom is 0.315 e. The summed E-state index contributed by atoms with van der Waals surface area (Å²) in [6.07, 6.45) is 0. The first kappa shape index (κ1) is 46.4. The summed E-state index contributed by atoms with van der Waals surface area (Å²) in [5, 5.41) is 31.7. The number of benzene rings is 3. The molecule has 0 aromatic heterocycles. The molecule has 18 heteroatoms. The van der Waals surface area contributed by atoms with Gasteiger partial charge in [0.2, 0.25) is 0 Å². The van der Waals surface area contributed by atoms with E-state index in [9.17, 15) is 20.2 Å². The van der Waals surface area contributed by atoms with E-state index in [1.807, 2.05) is 30.1 Å². The number of nitrogens with two attached hydrogens (primary N) is 4. The predicted molar refractivity (Wildman–Crippen MR) is 220 cm³/mol. The molecule has 3 aliphatic heterocycles. The molecular weight excluding hydrogens is 704 g/mol. The second kappa shape index (κ2) is 23.8. The molecule has 0 bridgehead atoms. The molecule has 296 valence electrons. The van der Waals surface area contributed by atoms with Crippen molar-refractivity contribution in [2.24, 2.45) is 0 Å². The molecule has 17 nitrogen and oxygen atoms in total. The van der Waals surface area contributed by atoms with Gasteiger partial charge in [-0.25, -0.2) is 0 Å². The quantitative estimate of drug-likeness (QED) is 0.127. The van der Waals surface area contributed by atoms with Gasteiger partial charge in [0, 0.05) is 85.6 Å². The van der Waals surface area contributed by atoms with E-state index in [0.717, 1.165) is 78.2 Å². The minimum atomic E-state index is -0.600. The number of piperazine rings is 3. The second-order valence-electron chi connectivity index (χ2n) is 12.3. The molecule has 0 amide bonds. The van der Waals surface area contributed by atoms with Gasteiger partial charge in [-0.1, -0.05) is 37.2 Å². The number of anilines is 6. The van der Waals surface area contributed by atoms with Gasteiger partial charge in [-0.05, 0) is 57.5 Å². The smallest absolute Gasteiger partial charge is 0.315 e. The lowest BCUT2D eigenvalue weighted by molar-refractivity contribution is -0.383. The molecule has 0 atom stereocenters. The fourth-order valence-corrected chi connectivity index (χ4v) is 5.70. The van der Waals surface area contributed by atoms with Gasteiger partial charge < -0.3 is 57.9 Å². The summed E-state index contributed by atoms with van der Waals surface area (Å²) < 4.78 is 0. The van der Waals surface area contributed by atoms with Crippen molar-refractivity contribution in [1.29, 1.82) is 0 Å². The van der Waals surface area contributed by atoms with E-state index in [1.165, 1.54) is 25.2 Å². The van der Waals surface area contributed by atoms with Crippen molar-refractivity contribution in [2.45, 2.75) is 7.43 Å². The third-order valence-corrected chi connectivity index (χ3v) is 8.88. The van der Waals surface area contributed by atoms with Gasteiger partial charge in [0.15, 0.2) is 0 Å². The standard InChI is InChI=1S/C11H16N4O2.C11H18N4.C6H5ClN2O2.C5H12N2.CH4O.CH4/c1-13-5-7-14(8-6-13)10-4-2-3-9(12)11(10)15(16)17;1-14-5-7-15(8-6-14)10-4-2-3-9(12)11(10)13;7-4-2-1-3-5(8)6(4)9(10)11;1-7-4-2-6-3-5-7;1-2;/h2-4H,5-8,12H2,1H3;2-4H,5-8,12-13H2,1H3;1-3H,8H2;6H,2-5H2,1H3;2H,1H3;1H4. The highest BCUT2D eigenvalue weighted by atomic mass is 35.5. The number of nitrogen functional groups attached to an aromatic ring is 4. The molecular formula is C35H59ClN12O5. The number of hydrogen-bond acceptors (Lipinski definition) is 15. The highest BCUT2D eigenvalue weighted by Crippen LogP contribution is 2.34. The van der Waals surface area contributed by atoms with Crippen LogP contribution in [0.2, 0.25) is 5.02 Å². The van der Waals surface area contributed by atoms with Crippen LogP contribution in [0.4, 0.5) is 45.5 Å². The first-order valence-corrected chi connectivity index (χ1v) is 17.2. The Labute approximate surface area is 318 Å². The number of likely N-dealkylation sites (N-methyl/N-ethyl adjacent to an activating group) is 3. The maximum absolute atomic E-state index is 11.0. The predicted octanol–water partition coefficient (Wildman–Crippen LogP) is 3.13. The Hall–Kier alpha value is -4.65. The van der Waals surface area contributed by atoms with Crippen molar-refractivity contribution in [3.63, 3.8) is 0 Å². The third kappa shape index (κ3) is 14.7. The van der Waals surface area contributed by atoms with Crippen molar-refractivity contribution >= 4 is 57.1 Å². The lowest BCUT2D eigenvalue weighted by atomic mass is 10.2.